The van der Waals surface area contributed by atoms with E-state index < -0.39 is 0 Å². The second-order valence-electron chi connectivity index (χ2n) is 5.43. The summed E-state index contributed by atoms with van der Waals surface area (Å²) < 4.78 is 0. The summed E-state index contributed by atoms with van der Waals surface area (Å²) in [6, 6.07) is 14.1. The van der Waals surface area contributed by atoms with Gasteiger partial charge in [0.25, 0.3) is 0 Å². The van der Waals surface area contributed by atoms with Crippen LogP contribution in [-0.4, -0.2) is 23.3 Å². The predicted octanol–water partition coefficient (Wildman–Crippen LogP) is 2.76. The highest BCUT2D eigenvalue weighted by Crippen LogP contribution is 2.41. The smallest absolute Gasteiger partial charge is 0.157 e. The molecule has 3 heteroatoms. The summed E-state index contributed by atoms with van der Waals surface area (Å²) in [5, 5.41) is 22.9. The zero-order valence-corrected chi connectivity index (χ0v) is 11.5. The second kappa shape index (κ2) is 5.17. The van der Waals surface area contributed by atoms with Crippen molar-refractivity contribution in [3.63, 3.8) is 0 Å². The van der Waals surface area contributed by atoms with Crippen LogP contribution in [0.1, 0.15) is 29.0 Å². The van der Waals surface area contributed by atoms with E-state index >= 15 is 0 Å². The number of nitrogens with one attached hydrogen (secondary N) is 1. The second-order valence-corrected chi connectivity index (χ2v) is 5.43. The topological polar surface area (TPSA) is 52.5 Å². The standard InChI is InChI=1S/C17H19NO2/c1-18-13-7-12-8-16(19)17(20)10-15(12)14(9-13)11-5-3-2-4-6-11/h2-6,8,10,13-14,18-20H,7,9H2,1H3/t13-,14+/m1/s1. The number of phenolic OH excluding ortho intramolecular Hbond substituents is 2. The average molecular weight is 269 g/mol. The Balaban J connectivity index is 2.10. The molecule has 2 atom stereocenters. The number of aromatic hydroxyl groups is 2. The lowest BCUT2D eigenvalue weighted by molar-refractivity contribution is 0.397. The first-order chi connectivity index (χ1) is 9.69. The van der Waals surface area contributed by atoms with Crippen LogP contribution in [0.25, 0.3) is 0 Å². The van der Waals surface area contributed by atoms with Gasteiger partial charge in [0, 0.05) is 12.0 Å². The Labute approximate surface area is 118 Å². The van der Waals surface area contributed by atoms with E-state index in [0.717, 1.165) is 24.0 Å². The molecule has 1 aliphatic carbocycles. The molecule has 3 nitrogen and oxygen atoms in total. The summed E-state index contributed by atoms with van der Waals surface area (Å²) in [6.45, 7) is 0. The van der Waals surface area contributed by atoms with Gasteiger partial charge >= 0.3 is 0 Å². The van der Waals surface area contributed by atoms with Crippen molar-refractivity contribution in [1.29, 1.82) is 0 Å². The van der Waals surface area contributed by atoms with E-state index in [0.29, 0.717) is 6.04 Å². The Bertz CT molecular complexity index is 610. The summed E-state index contributed by atoms with van der Waals surface area (Å²) in [4.78, 5) is 0. The third-order valence-electron chi connectivity index (χ3n) is 4.21. The molecule has 2 aromatic carbocycles. The highest BCUT2D eigenvalue weighted by Gasteiger charge is 2.28. The number of rotatable bonds is 2. The SMILES string of the molecule is CN[C@@H]1Cc2cc(O)c(O)cc2[C@H](c2ccccc2)C1. The van der Waals surface area contributed by atoms with Crippen molar-refractivity contribution >= 4 is 0 Å². The Kier molecular flexibility index (Phi) is 3.36. The summed E-state index contributed by atoms with van der Waals surface area (Å²) in [5.74, 6) is 0.184. The highest BCUT2D eigenvalue weighted by molar-refractivity contribution is 5.50. The molecular weight excluding hydrogens is 250 g/mol. The van der Waals surface area contributed by atoms with Gasteiger partial charge in [-0.05, 0) is 48.7 Å². The van der Waals surface area contributed by atoms with Gasteiger partial charge in [-0.25, -0.2) is 0 Å². The molecule has 3 rings (SSSR count). The van der Waals surface area contributed by atoms with E-state index in [-0.39, 0.29) is 17.4 Å². The molecule has 0 fully saturated rings. The third-order valence-corrected chi connectivity index (χ3v) is 4.21. The van der Waals surface area contributed by atoms with Crippen LogP contribution in [0.3, 0.4) is 0 Å². The first-order valence-electron chi connectivity index (χ1n) is 6.96. The van der Waals surface area contributed by atoms with E-state index in [9.17, 15) is 10.2 Å². The van der Waals surface area contributed by atoms with Gasteiger partial charge < -0.3 is 15.5 Å². The Hall–Kier alpha value is -2.00. The number of benzene rings is 2. The van der Waals surface area contributed by atoms with Gasteiger partial charge in [0.1, 0.15) is 0 Å². The molecule has 0 aliphatic heterocycles. The van der Waals surface area contributed by atoms with Crippen LogP contribution in [0.4, 0.5) is 0 Å². The van der Waals surface area contributed by atoms with Crippen molar-refractivity contribution < 1.29 is 10.2 Å². The number of likely N-dealkylation sites (N-methyl/N-ethyl adjacent to an activating group) is 1. The maximum atomic E-state index is 9.80. The normalized spacial score (nSPS) is 21.4. The van der Waals surface area contributed by atoms with Crippen molar-refractivity contribution in [3.8, 4) is 11.5 Å². The van der Waals surface area contributed by atoms with Gasteiger partial charge in [0.15, 0.2) is 11.5 Å². The zero-order chi connectivity index (χ0) is 14.1. The van der Waals surface area contributed by atoms with E-state index in [1.165, 1.54) is 5.56 Å². The Morgan fingerprint density at radius 2 is 1.75 bits per heavy atom. The molecule has 2 aromatic rings. The van der Waals surface area contributed by atoms with Gasteiger partial charge in [0.2, 0.25) is 0 Å². The number of fused-ring (bicyclic) bond motifs is 1. The molecule has 1 aliphatic rings. The fraction of sp³-hybridized carbons (Fsp3) is 0.294. The van der Waals surface area contributed by atoms with Crippen molar-refractivity contribution in [2.75, 3.05) is 7.05 Å². The molecule has 3 N–H and O–H groups in total. The minimum atomic E-state index is -0.0349. The lowest BCUT2D eigenvalue weighted by Gasteiger charge is -2.32. The van der Waals surface area contributed by atoms with Crippen molar-refractivity contribution in [1.82, 2.24) is 5.32 Å². The Morgan fingerprint density at radius 3 is 2.45 bits per heavy atom. The van der Waals surface area contributed by atoms with Crippen molar-refractivity contribution in [2.24, 2.45) is 0 Å². The van der Waals surface area contributed by atoms with Crippen molar-refractivity contribution in [2.45, 2.75) is 24.8 Å². The number of phenols is 2. The summed E-state index contributed by atoms with van der Waals surface area (Å²) in [5.41, 5.74) is 3.48. The number of hydrogen-bond donors (Lipinski definition) is 3. The van der Waals surface area contributed by atoms with Crippen LogP contribution >= 0.6 is 0 Å². The average Bonchev–Trinajstić information content (AvgIpc) is 2.48. The summed E-state index contributed by atoms with van der Waals surface area (Å²) >= 11 is 0. The number of hydrogen-bond acceptors (Lipinski definition) is 3. The molecule has 0 unspecified atom stereocenters. The molecule has 0 heterocycles. The monoisotopic (exact) mass is 269 g/mol. The largest absolute Gasteiger partial charge is 0.504 e. The molecular formula is C17H19NO2. The van der Waals surface area contributed by atoms with E-state index in [1.807, 2.05) is 25.2 Å². The van der Waals surface area contributed by atoms with Crippen LogP contribution < -0.4 is 5.32 Å². The van der Waals surface area contributed by atoms with Gasteiger partial charge in [-0.1, -0.05) is 30.3 Å². The molecule has 0 bridgehead atoms. The van der Waals surface area contributed by atoms with E-state index in [2.05, 4.69) is 17.4 Å². The van der Waals surface area contributed by atoms with Crippen LogP contribution in [0.2, 0.25) is 0 Å². The minimum Gasteiger partial charge on any atom is -0.504 e. The molecule has 104 valence electrons. The van der Waals surface area contributed by atoms with Crippen LogP contribution in [0.5, 0.6) is 11.5 Å². The molecule has 0 radical (unpaired) electrons. The third kappa shape index (κ3) is 2.25. The quantitative estimate of drug-likeness (QED) is 0.735. The van der Waals surface area contributed by atoms with E-state index in [4.69, 9.17) is 0 Å². The van der Waals surface area contributed by atoms with Crippen LogP contribution in [0.15, 0.2) is 42.5 Å². The van der Waals surface area contributed by atoms with Crippen LogP contribution in [-0.2, 0) is 6.42 Å². The van der Waals surface area contributed by atoms with Gasteiger partial charge in [-0.2, -0.15) is 0 Å². The molecule has 0 amide bonds. The van der Waals surface area contributed by atoms with Crippen LogP contribution in [0, 0.1) is 0 Å². The molecule has 0 saturated carbocycles. The Morgan fingerprint density at radius 1 is 1.05 bits per heavy atom. The first-order valence-corrected chi connectivity index (χ1v) is 6.96. The van der Waals surface area contributed by atoms with Crippen molar-refractivity contribution in [3.05, 3.63) is 59.2 Å². The maximum absolute atomic E-state index is 9.80. The fourth-order valence-corrected chi connectivity index (χ4v) is 3.12. The van der Waals surface area contributed by atoms with E-state index in [1.54, 1.807) is 12.1 Å². The molecule has 0 aromatic heterocycles. The highest BCUT2D eigenvalue weighted by atomic mass is 16.3. The summed E-state index contributed by atoms with van der Waals surface area (Å²) in [7, 11) is 1.97. The minimum absolute atomic E-state index is 0.0346. The predicted molar refractivity (Wildman–Crippen MR) is 79.2 cm³/mol. The zero-order valence-electron chi connectivity index (χ0n) is 11.5. The molecule has 20 heavy (non-hydrogen) atoms. The first kappa shape index (κ1) is 13.0. The fourth-order valence-electron chi connectivity index (χ4n) is 3.12. The molecule has 0 spiro atoms. The molecule has 0 saturated heterocycles. The van der Waals surface area contributed by atoms with Gasteiger partial charge in [-0.15, -0.1) is 0 Å². The van der Waals surface area contributed by atoms with Gasteiger partial charge in [-0.3, -0.25) is 0 Å². The lowest BCUT2D eigenvalue weighted by Crippen LogP contribution is -2.33. The van der Waals surface area contributed by atoms with Gasteiger partial charge in [0.05, 0.1) is 0 Å². The summed E-state index contributed by atoms with van der Waals surface area (Å²) in [6.07, 6.45) is 1.88. The lowest BCUT2D eigenvalue weighted by atomic mass is 9.76. The maximum Gasteiger partial charge on any atom is 0.157 e.